The SMILES string of the molecule is COc1cnc(S(=O)(=O)NNC(=O)c2cc(-c3cn(C)cn3)cc(Cl)c2F)c(F)c1. The van der Waals surface area contributed by atoms with Crippen LogP contribution in [0.4, 0.5) is 8.78 Å². The standard InChI is InChI=1S/C17H14ClF2N5O4S/c1-25-7-14(22-8-25)9-3-11(15(20)12(18)4-9)16(26)23-24-30(27,28)17-13(19)5-10(29-2)6-21-17/h3-8,24H,1-2H3,(H,23,26). The molecule has 0 unspecified atom stereocenters. The lowest BCUT2D eigenvalue weighted by atomic mass is 10.1. The molecule has 0 saturated heterocycles. The summed E-state index contributed by atoms with van der Waals surface area (Å²) < 4.78 is 59.2. The highest BCUT2D eigenvalue weighted by molar-refractivity contribution is 7.89. The summed E-state index contributed by atoms with van der Waals surface area (Å²) in [4.78, 5) is 21.6. The Kier molecular flexibility index (Phi) is 6.01. The number of hydrogen-bond acceptors (Lipinski definition) is 6. The van der Waals surface area contributed by atoms with E-state index in [1.165, 1.54) is 19.5 Å². The molecule has 0 radical (unpaired) electrons. The summed E-state index contributed by atoms with van der Waals surface area (Å²) in [5.41, 5.74) is 2.01. The summed E-state index contributed by atoms with van der Waals surface area (Å²) in [6, 6.07) is 3.23. The molecule has 30 heavy (non-hydrogen) atoms. The molecule has 0 bridgehead atoms. The number of sulfonamides is 1. The number of rotatable bonds is 6. The monoisotopic (exact) mass is 457 g/mol. The summed E-state index contributed by atoms with van der Waals surface area (Å²) in [6.07, 6.45) is 4.10. The number of carbonyl (C=O) groups excluding carboxylic acids is 1. The Morgan fingerprint density at radius 2 is 1.97 bits per heavy atom. The molecule has 0 atom stereocenters. The number of carbonyl (C=O) groups is 1. The van der Waals surface area contributed by atoms with Crippen LogP contribution in [0, 0.1) is 11.6 Å². The molecule has 0 aliphatic rings. The summed E-state index contributed by atoms with van der Waals surface area (Å²) in [6.45, 7) is 0. The quantitative estimate of drug-likeness (QED) is 0.547. The summed E-state index contributed by atoms with van der Waals surface area (Å²) in [7, 11) is -1.63. The van der Waals surface area contributed by atoms with Crippen molar-refractivity contribution in [3.8, 4) is 17.0 Å². The largest absolute Gasteiger partial charge is 0.495 e. The average Bonchev–Trinajstić information content (AvgIpc) is 3.14. The number of ether oxygens (including phenoxy) is 1. The number of nitrogens with zero attached hydrogens (tertiary/aromatic N) is 3. The minimum atomic E-state index is -4.60. The van der Waals surface area contributed by atoms with Gasteiger partial charge in [-0.3, -0.25) is 10.2 Å². The van der Waals surface area contributed by atoms with Gasteiger partial charge < -0.3 is 9.30 Å². The van der Waals surface area contributed by atoms with E-state index in [1.54, 1.807) is 28.1 Å². The lowest BCUT2D eigenvalue weighted by Crippen LogP contribution is -2.42. The molecule has 13 heteroatoms. The van der Waals surface area contributed by atoms with E-state index >= 15 is 0 Å². The normalized spacial score (nSPS) is 11.4. The second-order valence-electron chi connectivity index (χ2n) is 5.97. The number of hydrazine groups is 1. The molecule has 2 heterocycles. The number of amides is 1. The van der Waals surface area contributed by atoms with Gasteiger partial charge in [-0.05, 0) is 12.1 Å². The summed E-state index contributed by atoms with van der Waals surface area (Å²) >= 11 is 5.86. The van der Waals surface area contributed by atoms with Crippen molar-refractivity contribution in [1.29, 1.82) is 0 Å². The van der Waals surface area contributed by atoms with Crippen molar-refractivity contribution in [2.75, 3.05) is 7.11 Å². The van der Waals surface area contributed by atoms with Crippen LogP contribution >= 0.6 is 11.6 Å². The molecule has 0 spiro atoms. The van der Waals surface area contributed by atoms with E-state index < -0.39 is 38.2 Å². The van der Waals surface area contributed by atoms with Gasteiger partial charge in [-0.1, -0.05) is 11.6 Å². The number of benzene rings is 1. The fraction of sp³-hybridized carbons (Fsp3) is 0.118. The Bertz CT molecular complexity index is 1230. The fourth-order valence-corrected chi connectivity index (χ4v) is 3.46. The number of pyridine rings is 1. The number of aromatic nitrogens is 3. The van der Waals surface area contributed by atoms with Crippen LogP contribution in [-0.4, -0.2) is 36.0 Å². The maximum atomic E-state index is 14.4. The smallest absolute Gasteiger partial charge is 0.277 e. The molecular formula is C17H14ClF2N5O4S. The van der Waals surface area contributed by atoms with Crippen LogP contribution in [0.3, 0.4) is 0 Å². The zero-order valence-electron chi connectivity index (χ0n) is 15.5. The summed E-state index contributed by atoms with van der Waals surface area (Å²) in [5.74, 6) is -3.44. The Morgan fingerprint density at radius 3 is 2.57 bits per heavy atom. The Morgan fingerprint density at radius 1 is 1.23 bits per heavy atom. The second-order valence-corrected chi connectivity index (χ2v) is 7.97. The van der Waals surface area contributed by atoms with Gasteiger partial charge in [0.2, 0.25) is 5.03 Å². The highest BCUT2D eigenvalue weighted by atomic mass is 35.5. The molecular weight excluding hydrogens is 444 g/mol. The molecule has 0 aliphatic carbocycles. The first-order valence-corrected chi connectivity index (χ1v) is 9.97. The molecule has 3 rings (SSSR count). The van der Waals surface area contributed by atoms with Crippen LogP contribution < -0.4 is 15.0 Å². The van der Waals surface area contributed by atoms with Gasteiger partial charge in [0.05, 0.1) is 35.9 Å². The first-order chi connectivity index (χ1) is 14.1. The predicted octanol–water partition coefficient (Wildman–Crippen LogP) is 2.05. The number of methoxy groups -OCH3 is 1. The van der Waals surface area contributed by atoms with Gasteiger partial charge in [-0.2, -0.15) is 0 Å². The number of halogens is 3. The highest BCUT2D eigenvalue weighted by Gasteiger charge is 2.24. The van der Waals surface area contributed by atoms with Crippen LogP contribution in [0.2, 0.25) is 5.02 Å². The minimum Gasteiger partial charge on any atom is -0.495 e. The van der Waals surface area contributed by atoms with Crippen LogP contribution in [0.5, 0.6) is 5.75 Å². The first-order valence-electron chi connectivity index (χ1n) is 8.11. The van der Waals surface area contributed by atoms with Crippen molar-refractivity contribution < 1.29 is 26.7 Å². The third-order valence-electron chi connectivity index (χ3n) is 3.84. The third kappa shape index (κ3) is 4.40. The number of imidazole rings is 1. The lowest BCUT2D eigenvalue weighted by molar-refractivity contribution is 0.0941. The topological polar surface area (TPSA) is 115 Å². The number of nitrogens with one attached hydrogen (secondary N) is 2. The fourth-order valence-electron chi connectivity index (χ4n) is 2.41. The zero-order chi connectivity index (χ0) is 22.1. The van der Waals surface area contributed by atoms with Crippen molar-refractivity contribution in [3.63, 3.8) is 0 Å². The van der Waals surface area contributed by atoms with Gasteiger partial charge >= 0.3 is 0 Å². The number of hydrogen-bond donors (Lipinski definition) is 2. The van der Waals surface area contributed by atoms with E-state index in [0.717, 1.165) is 18.3 Å². The van der Waals surface area contributed by atoms with Crippen molar-refractivity contribution in [3.05, 3.63) is 59.1 Å². The third-order valence-corrected chi connectivity index (χ3v) is 5.30. The molecule has 158 valence electrons. The molecule has 2 aromatic heterocycles. The molecule has 0 fully saturated rings. The van der Waals surface area contributed by atoms with Crippen LogP contribution in [0.25, 0.3) is 11.3 Å². The van der Waals surface area contributed by atoms with Crippen molar-refractivity contribution >= 4 is 27.5 Å². The minimum absolute atomic E-state index is 0.00136. The average molecular weight is 458 g/mol. The van der Waals surface area contributed by atoms with Crippen LogP contribution in [-0.2, 0) is 17.1 Å². The Labute approximate surface area is 174 Å². The maximum Gasteiger partial charge on any atom is 0.277 e. The molecule has 0 aliphatic heterocycles. The van der Waals surface area contributed by atoms with Gasteiger partial charge in [-0.15, -0.1) is 4.83 Å². The van der Waals surface area contributed by atoms with Crippen molar-refractivity contribution in [1.82, 2.24) is 24.8 Å². The molecule has 0 saturated carbocycles. The van der Waals surface area contributed by atoms with E-state index in [9.17, 15) is 22.0 Å². The van der Waals surface area contributed by atoms with Crippen LogP contribution in [0.15, 0.2) is 41.9 Å². The van der Waals surface area contributed by atoms with Gasteiger partial charge in [0, 0.05) is 24.9 Å². The van der Waals surface area contributed by atoms with Gasteiger partial charge in [-0.25, -0.2) is 27.2 Å². The molecule has 1 amide bonds. The second kappa shape index (κ2) is 8.34. The molecule has 3 aromatic rings. The van der Waals surface area contributed by atoms with Gasteiger partial charge in [0.15, 0.2) is 11.6 Å². The van der Waals surface area contributed by atoms with E-state index in [1.807, 2.05) is 0 Å². The predicted molar refractivity (Wildman–Crippen MR) is 102 cm³/mol. The molecule has 1 aromatic carbocycles. The zero-order valence-corrected chi connectivity index (χ0v) is 17.1. The molecule has 9 nitrogen and oxygen atoms in total. The number of aryl methyl sites for hydroxylation is 1. The first kappa shape index (κ1) is 21.6. The highest BCUT2D eigenvalue weighted by Crippen LogP contribution is 2.27. The Balaban J connectivity index is 1.85. The van der Waals surface area contributed by atoms with Crippen molar-refractivity contribution in [2.45, 2.75) is 5.03 Å². The van der Waals surface area contributed by atoms with Gasteiger partial charge in [0.25, 0.3) is 15.9 Å². The van der Waals surface area contributed by atoms with Crippen LogP contribution in [0.1, 0.15) is 10.4 Å². The lowest BCUT2D eigenvalue weighted by Gasteiger charge is -2.11. The maximum absolute atomic E-state index is 14.4. The van der Waals surface area contributed by atoms with Crippen molar-refractivity contribution in [2.24, 2.45) is 7.05 Å². The van der Waals surface area contributed by atoms with E-state index in [-0.39, 0.29) is 10.8 Å². The Hall–Kier alpha value is -3.09. The molecule has 2 N–H and O–H groups in total. The van der Waals surface area contributed by atoms with E-state index in [0.29, 0.717) is 11.3 Å². The van der Waals surface area contributed by atoms with E-state index in [2.05, 4.69) is 9.97 Å². The van der Waals surface area contributed by atoms with Gasteiger partial charge in [0.1, 0.15) is 5.75 Å². The summed E-state index contributed by atoms with van der Waals surface area (Å²) in [5, 5.41) is -1.35. The van der Waals surface area contributed by atoms with E-state index in [4.69, 9.17) is 16.3 Å².